The molecule has 3 aromatic rings. The van der Waals surface area contributed by atoms with Crippen LogP contribution < -0.4 is 10.2 Å². The van der Waals surface area contributed by atoms with Crippen LogP contribution in [-0.2, 0) is 16.6 Å². The minimum Gasteiger partial charge on any atom is -0.475 e. The molecule has 1 aliphatic rings. The van der Waals surface area contributed by atoms with Gasteiger partial charge in [0.1, 0.15) is 5.69 Å². The molecule has 9 nitrogen and oxygen atoms in total. The second-order valence-electron chi connectivity index (χ2n) is 8.10. The van der Waals surface area contributed by atoms with E-state index in [9.17, 15) is 18.0 Å². The minimum atomic E-state index is -5.08. The maximum atomic E-state index is 12.8. The molecule has 192 valence electrons. The Morgan fingerprint density at radius 1 is 1.08 bits per heavy atom. The molecule has 0 spiro atoms. The van der Waals surface area contributed by atoms with Crippen LogP contribution in [0.15, 0.2) is 42.9 Å². The first kappa shape index (κ1) is 26.7. The smallest absolute Gasteiger partial charge is 0.475 e. The maximum absolute atomic E-state index is 12.8. The number of aryl methyl sites for hydroxylation is 2. The lowest BCUT2D eigenvalue weighted by Crippen LogP contribution is -2.37. The van der Waals surface area contributed by atoms with E-state index in [0.29, 0.717) is 24.9 Å². The first-order valence-electron chi connectivity index (χ1n) is 11.0. The number of ether oxygens (including phenoxy) is 1. The van der Waals surface area contributed by atoms with E-state index in [-0.39, 0.29) is 5.91 Å². The number of nitrogens with zero attached hydrogens (tertiary/aromatic N) is 4. The largest absolute Gasteiger partial charge is 0.490 e. The van der Waals surface area contributed by atoms with Gasteiger partial charge in [-0.15, -0.1) is 0 Å². The zero-order valence-electron chi connectivity index (χ0n) is 20.0. The molecule has 2 aromatic heterocycles. The molecule has 0 unspecified atom stereocenters. The van der Waals surface area contributed by atoms with Crippen LogP contribution in [0.4, 0.5) is 24.8 Å². The molecule has 1 fully saturated rings. The number of hydrogen-bond donors (Lipinski definition) is 2. The van der Waals surface area contributed by atoms with Crippen molar-refractivity contribution in [1.82, 2.24) is 14.5 Å². The minimum absolute atomic E-state index is 0.140. The number of amides is 1. The van der Waals surface area contributed by atoms with Gasteiger partial charge in [-0.1, -0.05) is 12.1 Å². The van der Waals surface area contributed by atoms with Gasteiger partial charge in [0, 0.05) is 55.5 Å². The highest BCUT2D eigenvalue weighted by atomic mass is 19.4. The summed E-state index contributed by atoms with van der Waals surface area (Å²) in [7, 11) is 1.87. The number of alkyl halides is 3. The van der Waals surface area contributed by atoms with E-state index in [1.165, 1.54) is 0 Å². The summed E-state index contributed by atoms with van der Waals surface area (Å²) < 4.78 is 38.9. The number of carbonyl (C=O) groups excluding carboxylic acids is 1. The second-order valence-corrected chi connectivity index (χ2v) is 8.10. The number of carbonyl (C=O) groups is 2. The predicted molar refractivity (Wildman–Crippen MR) is 127 cm³/mol. The normalized spacial score (nSPS) is 13.6. The predicted octanol–water partition coefficient (Wildman–Crippen LogP) is 3.82. The van der Waals surface area contributed by atoms with Gasteiger partial charge in [0.25, 0.3) is 5.91 Å². The Hall–Kier alpha value is -3.93. The molecule has 3 heterocycles. The summed E-state index contributed by atoms with van der Waals surface area (Å²) in [4.78, 5) is 32.8. The van der Waals surface area contributed by atoms with Gasteiger partial charge in [-0.3, -0.25) is 4.79 Å². The van der Waals surface area contributed by atoms with Crippen molar-refractivity contribution in [2.75, 3.05) is 36.5 Å². The van der Waals surface area contributed by atoms with Gasteiger partial charge in [0.2, 0.25) is 5.95 Å². The summed E-state index contributed by atoms with van der Waals surface area (Å²) in [5.74, 6) is -2.19. The lowest BCUT2D eigenvalue weighted by molar-refractivity contribution is -0.192. The Kier molecular flexibility index (Phi) is 8.30. The van der Waals surface area contributed by atoms with Crippen LogP contribution in [0.3, 0.4) is 0 Å². The highest BCUT2D eigenvalue weighted by Gasteiger charge is 2.38. The first-order chi connectivity index (χ1) is 17.0. The Bertz CT molecular complexity index is 1220. The molecule has 36 heavy (non-hydrogen) atoms. The number of carboxylic acid groups (broad SMARTS) is 1. The van der Waals surface area contributed by atoms with Crippen molar-refractivity contribution in [3.8, 4) is 11.1 Å². The Morgan fingerprint density at radius 3 is 2.28 bits per heavy atom. The number of nitrogens with one attached hydrogen (secondary N) is 1. The van der Waals surface area contributed by atoms with E-state index < -0.39 is 12.1 Å². The molecule has 2 N–H and O–H groups in total. The third-order valence-electron chi connectivity index (χ3n) is 5.60. The Labute approximate surface area is 205 Å². The lowest BCUT2D eigenvalue weighted by atomic mass is 10.1. The monoisotopic (exact) mass is 505 g/mol. The quantitative estimate of drug-likeness (QED) is 0.555. The summed E-state index contributed by atoms with van der Waals surface area (Å²) in [6.45, 7) is 7.03. The summed E-state index contributed by atoms with van der Waals surface area (Å²) >= 11 is 0. The van der Waals surface area contributed by atoms with Crippen molar-refractivity contribution in [3.63, 3.8) is 0 Å². The number of hydrogen-bond acceptors (Lipinski definition) is 6. The molecular formula is C24H26F3N5O4. The van der Waals surface area contributed by atoms with Gasteiger partial charge >= 0.3 is 12.1 Å². The third-order valence-corrected chi connectivity index (χ3v) is 5.60. The fraction of sp³-hybridized carbons (Fsp3) is 0.333. The summed E-state index contributed by atoms with van der Waals surface area (Å²) in [5.41, 5.74) is 5.42. The zero-order valence-corrected chi connectivity index (χ0v) is 20.0. The summed E-state index contributed by atoms with van der Waals surface area (Å²) in [6, 6.07) is 7.77. The summed E-state index contributed by atoms with van der Waals surface area (Å²) in [5, 5.41) is 10.1. The molecular weight excluding hydrogens is 479 g/mol. The van der Waals surface area contributed by atoms with Crippen molar-refractivity contribution in [1.29, 1.82) is 0 Å². The number of carboxylic acids is 1. The van der Waals surface area contributed by atoms with Crippen molar-refractivity contribution in [3.05, 3.63) is 59.7 Å². The molecule has 1 aliphatic heterocycles. The van der Waals surface area contributed by atoms with Crippen molar-refractivity contribution in [2.24, 2.45) is 7.05 Å². The molecule has 1 amide bonds. The van der Waals surface area contributed by atoms with E-state index in [4.69, 9.17) is 14.6 Å². The van der Waals surface area contributed by atoms with Gasteiger partial charge < -0.3 is 24.6 Å². The van der Waals surface area contributed by atoms with E-state index >= 15 is 0 Å². The van der Waals surface area contributed by atoms with Gasteiger partial charge in [-0.25, -0.2) is 14.8 Å². The maximum Gasteiger partial charge on any atom is 0.490 e. The van der Waals surface area contributed by atoms with Crippen LogP contribution in [0.2, 0.25) is 0 Å². The van der Waals surface area contributed by atoms with Crippen LogP contribution in [0, 0.1) is 13.8 Å². The Morgan fingerprint density at radius 2 is 1.69 bits per heavy atom. The van der Waals surface area contributed by atoms with Gasteiger partial charge in [-0.05, 0) is 37.1 Å². The second kappa shape index (κ2) is 11.2. The number of rotatable bonds is 4. The fourth-order valence-corrected chi connectivity index (χ4v) is 3.42. The van der Waals surface area contributed by atoms with Crippen molar-refractivity contribution < 1.29 is 32.6 Å². The zero-order chi connectivity index (χ0) is 26.5. The van der Waals surface area contributed by atoms with Crippen molar-refractivity contribution >= 4 is 23.5 Å². The molecule has 0 aliphatic carbocycles. The van der Waals surface area contributed by atoms with Crippen LogP contribution >= 0.6 is 0 Å². The Balaban J connectivity index is 0.000000454. The van der Waals surface area contributed by atoms with Crippen molar-refractivity contribution in [2.45, 2.75) is 20.0 Å². The van der Waals surface area contributed by atoms with Crippen LogP contribution in [0.1, 0.15) is 21.6 Å². The number of benzene rings is 1. The molecule has 1 aromatic carbocycles. The standard InChI is InChI=1S/C22H25N5O2.C2HF3O2/c1-15-5-4-6-19(16(15)2)25-21(28)20-11-17(14-26(20)3)18-12-23-22(24-13-18)27-7-9-29-10-8-27;3-2(4,5)1(6)7/h4-6,11-14H,7-10H2,1-3H3,(H,25,28);(H,6,7). The number of morpholine rings is 1. The van der Waals surface area contributed by atoms with Crippen LogP contribution in [0.5, 0.6) is 0 Å². The van der Waals surface area contributed by atoms with E-state index in [2.05, 4.69) is 20.2 Å². The fourth-order valence-electron chi connectivity index (χ4n) is 3.42. The van der Waals surface area contributed by atoms with Crippen LogP contribution in [-0.4, -0.2) is 64.0 Å². The molecule has 0 saturated carbocycles. The van der Waals surface area contributed by atoms with E-state index in [1.54, 1.807) is 12.4 Å². The molecule has 1 saturated heterocycles. The molecule has 0 bridgehead atoms. The highest BCUT2D eigenvalue weighted by Crippen LogP contribution is 2.24. The average Bonchev–Trinajstić information content (AvgIpc) is 3.24. The summed E-state index contributed by atoms with van der Waals surface area (Å²) in [6.07, 6.45) is 0.449. The SMILES string of the molecule is Cc1cccc(NC(=O)c2cc(-c3cnc(N4CCOCC4)nc3)cn2C)c1C.O=C(O)C(F)(F)F. The van der Waals surface area contributed by atoms with E-state index in [0.717, 1.165) is 41.0 Å². The average molecular weight is 505 g/mol. The topological polar surface area (TPSA) is 110 Å². The molecule has 12 heteroatoms. The molecule has 0 atom stereocenters. The van der Waals surface area contributed by atoms with Gasteiger partial charge in [-0.2, -0.15) is 13.2 Å². The number of aromatic nitrogens is 3. The number of halogens is 3. The highest BCUT2D eigenvalue weighted by molar-refractivity contribution is 6.04. The third kappa shape index (κ3) is 6.60. The molecule has 4 rings (SSSR count). The van der Waals surface area contributed by atoms with E-state index in [1.807, 2.05) is 55.9 Å². The number of anilines is 2. The van der Waals surface area contributed by atoms with Crippen LogP contribution in [0.25, 0.3) is 11.1 Å². The van der Waals surface area contributed by atoms with Gasteiger partial charge in [0.05, 0.1) is 13.2 Å². The number of aliphatic carboxylic acids is 1. The first-order valence-corrected chi connectivity index (χ1v) is 11.0. The van der Waals surface area contributed by atoms with Gasteiger partial charge in [0.15, 0.2) is 0 Å². The lowest BCUT2D eigenvalue weighted by Gasteiger charge is -2.26. The molecule has 0 radical (unpaired) electrons.